The van der Waals surface area contributed by atoms with E-state index in [4.69, 9.17) is 37.9 Å². The molecule has 3 aromatic rings. The number of carbonyl (C=O) groups excluding carboxylic acids is 6. The molecule has 1 fully saturated rings. The van der Waals surface area contributed by atoms with Gasteiger partial charge in [0, 0.05) is 27.7 Å². The van der Waals surface area contributed by atoms with E-state index in [-0.39, 0.29) is 25.5 Å². The standard InChI is InChI=1S/C41H47N5O14/c1-7-53-40(51)43-46(41(52)54-8-2)35-31(34(28-15-11-9-12-16-28)29-17-13-10-14-18-29)19-20-32(35)45-21-30(42-44-45)22-56-39-38(59-27(6)50)37(58-26(5)49)36(57-25(4)48)33(60-39)23-55-24(3)47/h9-21,32-33,35-39H,7-8,22-23H2,1-6H3,(H,43,51)/t32-,33-,35-,36+,37+,38-,39-/m1/s1. The Morgan fingerprint density at radius 2 is 1.33 bits per heavy atom. The van der Waals surface area contributed by atoms with E-state index < -0.39 is 85.5 Å². The zero-order valence-corrected chi connectivity index (χ0v) is 33.9. The van der Waals surface area contributed by atoms with E-state index in [1.54, 1.807) is 19.9 Å². The topological polar surface area (TPSA) is 222 Å². The Kier molecular flexibility index (Phi) is 15.5. The lowest BCUT2D eigenvalue weighted by molar-refractivity contribution is -0.310. The molecule has 0 spiro atoms. The van der Waals surface area contributed by atoms with Crippen LogP contribution in [0.4, 0.5) is 9.59 Å². The second-order valence-electron chi connectivity index (χ2n) is 13.3. The summed E-state index contributed by atoms with van der Waals surface area (Å²) in [6.07, 6.45) is -3.57. The fourth-order valence-corrected chi connectivity index (χ4v) is 6.75. The normalized spacial score (nSPS) is 21.9. The SMILES string of the molecule is CCOC(=O)NN(C(=O)OCC)[C@@H]1C(=C(c2ccccc2)c2ccccc2)C=C[C@H]1n1cc(CO[C@@H]2O[C@H](COC(C)=O)[C@H](OC(C)=O)[C@H](OC(C)=O)[C@H]2OC(C)=O)nn1. The van der Waals surface area contributed by atoms with Crippen molar-refractivity contribution in [2.24, 2.45) is 0 Å². The third kappa shape index (κ3) is 11.3. The highest BCUT2D eigenvalue weighted by molar-refractivity contribution is 5.86. The van der Waals surface area contributed by atoms with E-state index in [0.717, 1.165) is 49.4 Å². The van der Waals surface area contributed by atoms with Gasteiger partial charge >= 0.3 is 36.1 Å². The van der Waals surface area contributed by atoms with Crippen LogP contribution in [0.15, 0.2) is 84.6 Å². The van der Waals surface area contributed by atoms with Gasteiger partial charge in [-0.15, -0.1) is 5.10 Å². The molecule has 1 N–H and O–H groups in total. The number of benzene rings is 2. The third-order valence-corrected chi connectivity index (χ3v) is 8.97. The molecule has 2 amide bonds. The van der Waals surface area contributed by atoms with Crippen molar-refractivity contribution in [3.63, 3.8) is 0 Å². The molecule has 1 aliphatic heterocycles. The summed E-state index contributed by atoms with van der Waals surface area (Å²) in [5, 5.41) is 9.71. The van der Waals surface area contributed by atoms with Crippen molar-refractivity contribution in [1.29, 1.82) is 0 Å². The van der Waals surface area contributed by atoms with Gasteiger partial charge in [-0.3, -0.25) is 19.2 Å². The molecule has 1 saturated heterocycles. The number of esters is 4. The molecule has 0 bridgehead atoms. The molecule has 0 radical (unpaired) electrons. The van der Waals surface area contributed by atoms with Crippen molar-refractivity contribution in [2.45, 2.75) is 90.9 Å². The summed E-state index contributed by atoms with van der Waals surface area (Å²) in [6.45, 7) is 7.03. The molecule has 1 aromatic heterocycles. The largest absolute Gasteiger partial charge is 0.463 e. The van der Waals surface area contributed by atoms with Gasteiger partial charge in [-0.1, -0.05) is 78.0 Å². The van der Waals surface area contributed by atoms with Crippen LogP contribution in [0.2, 0.25) is 0 Å². The maximum absolute atomic E-state index is 13.7. The lowest BCUT2D eigenvalue weighted by atomic mass is 9.90. The average Bonchev–Trinajstić information content (AvgIpc) is 3.85. The average molecular weight is 834 g/mol. The van der Waals surface area contributed by atoms with Crippen LogP contribution in [0, 0.1) is 0 Å². The van der Waals surface area contributed by atoms with Gasteiger partial charge in [-0.05, 0) is 36.1 Å². The number of nitrogens with zero attached hydrogens (tertiary/aromatic N) is 4. The van der Waals surface area contributed by atoms with E-state index in [1.165, 1.54) is 10.9 Å². The van der Waals surface area contributed by atoms with Crippen molar-refractivity contribution < 1.29 is 66.7 Å². The number of carbonyl (C=O) groups is 6. The van der Waals surface area contributed by atoms with Crippen LogP contribution in [0.25, 0.3) is 5.57 Å². The van der Waals surface area contributed by atoms with Crippen LogP contribution < -0.4 is 5.43 Å². The summed E-state index contributed by atoms with van der Waals surface area (Å²) in [4.78, 5) is 75.2. The Hall–Kier alpha value is -6.60. The molecule has 1 aliphatic carbocycles. The Balaban J connectivity index is 1.53. The second-order valence-corrected chi connectivity index (χ2v) is 13.3. The highest BCUT2D eigenvalue weighted by atomic mass is 16.7. The lowest BCUT2D eigenvalue weighted by Gasteiger charge is -2.43. The highest BCUT2D eigenvalue weighted by Gasteiger charge is 2.53. The van der Waals surface area contributed by atoms with Crippen molar-refractivity contribution in [3.8, 4) is 0 Å². The van der Waals surface area contributed by atoms with Crippen molar-refractivity contribution in [3.05, 3.63) is 101 Å². The number of rotatable bonds is 14. The number of hydrogen-bond acceptors (Lipinski definition) is 16. The molecule has 19 nitrogen and oxygen atoms in total. The minimum Gasteiger partial charge on any atom is -0.463 e. The minimum atomic E-state index is -1.48. The van der Waals surface area contributed by atoms with E-state index >= 15 is 0 Å². The first-order chi connectivity index (χ1) is 28.8. The molecular weight excluding hydrogens is 786 g/mol. The molecule has 0 saturated carbocycles. The maximum atomic E-state index is 13.7. The number of hydrogen-bond donors (Lipinski definition) is 1. The summed E-state index contributed by atoms with van der Waals surface area (Å²) in [6, 6.07) is 17.2. The molecule has 19 heteroatoms. The molecule has 0 unspecified atom stereocenters. The van der Waals surface area contributed by atoms with Gasteiger partial charge in [0.25, 0.3) is 0 Å². The molecule has 2 aromatic carbocycles. The Bertz CT molecular complexity index is 2010. The molecule has 2 heterocycles. The van der Waals surface area contributed by atoms with Gasteiger partial charge in [0.15, 0.2) is 24.6 Å². The fraction of sp³-hybridized carbons (Fsp3) is 0.415. The number of ether oxygens (including phenoxy) is 8. The lowest BCUT2D eigenvalue weighted by Crippen LogP contribution is -2.62. The first kappa shape index (κ1) is 44.5. The van der Waals surface area contributed by atoms with Crippen LogP contribution >= 0.6 is 0 Å². The van der Waals surface area contributed by atoms with Crippen molar-refractivity contribution >= 4 is 41.6 Å². The Labute approximate surface area is 345 Å². The van der Waals surface area contributed by atoms with Gasteiger partial charge in [-0.25, -0.2) is 24.7 Å². The number of nitrogens with one attached hydrogen (secondary N) is 1. The first-order valence-corrected chi connectivity index (χ1v) is 19.1. The van der Waals surface area contributed by atoms with E-state index in [0.29, 0.717) is 5.57 Å². The van der Waals surface area contributed by atoms with E-state index in [1.807, 2.05) is 66.7 Å². The minimum absolute atomic E-state index is 0.00200. The zero-order chi connectivity index (χ0) is 43.3. The van der Waals surface area contributed by atoms with Gasteiger partial charge in [0.2, 0.25) is 0 Å². The molecule has 5 rings (SSSR count). The number of hydrazine groups is 1. The van der Waals surface area contributed by atoms with E-state index in [9.17, 15) is 28.8 Å². The zero-order valence-electron chi connectivity index (χ0n) is 33.9. The second kappa shape index (κ2) is 20.9. The van der Waals surface area contributed by atoms with Crippen LogP contribution in [0.1, 0.15) is 64.4 Å². The fourth-order valence-electron chi connectivity index (χ4n) is 6.75. The van der Waals surface area contributed by atoms with Crippen LogP contribution in [-0.2, 0) is 63.7 Å². The summed E-state index contributed by atoms with van der Waals surface area (Å²) >= 11 is 0. The summed E-state index contributed by atoms with van der Waals surface area (Å²) in [5.41, 5.74) is 5.81. The number of amides is 2. The van der Waals surface area contributed by atoms with Crippen molar-refractivity contribution in [1.82, 2.24) is 25.4 Å². The molecular formula is C41H47N5O14. The molecule has 60 heavy (non-hydrogen) atoms. The summed E-state index contributed by atoms with van der Waals surface area (Å²) in [7, 11) is 0. The monoisotopic (exact) mass is 833 g/mol. The van der Waals surface area contributed by atoms with Crippen LogP contribution in [0.3, 0.4) is 0 Å². The third-order valence-electron chi connectivity index (χ3n) is 8.97. The van der Waals surface area contributed by atoms with Gasteiger partial charge in [0.1, 0.15) is 24.4 Å². The predicted molar refractivity (Wildman–Crippen MR) is 207 cm³/mol. The Morgan fingerprint density at radius 1 is 0.750 bits per heavy atom. The molecule has 2 aliphatic rings. The first-order valence-electron chi connectivity index (χ1n) is 19.1. The van der Waals surface area contributed by atoms with Gasteiger partial charge in [-0.2, -0.15) is 0 Å². The van der Waals surface area contributed by atoms with E-state index in [2.05, 4.69) is 15.7 Å². The molecule has 7 atom stereocenters. The van der Waals surface area contributed by atoms with Gasteiger partial charge < -0.3 is 37.9 Å². The summed E-state index contributed by atoms with van der Waals surface area (Å²) in [5.74, 6) is -3.04. The van der Waals surface area contributed by atoms with Crippen LogP contribution in [-0.4, -0.2) is 113 Å². The number of aromatic nitrogens is 3. The predicted octanol–water partition coefficient (Wildman–Crippen LogP) is 3.98. The van der Waals surface area contributed by atoms with Crippen LogP contribution in [0.5, 0.6) is 0 Å². The molecule has 320 valence electrons. The summed E-state index contributed by atoms with van der Waals surface area (Å²) < 4.78 is 45.8. The highest BCUT2D eigenvalue weighted by Crippen LogP contribution is 2.39. The van der Waals surface area contributed by atoms with Crippen molar-refractivity contribution in [2.75, 3.05) is 19.8 Å². The quantitative estimate of drug-likeness (QED) is 0.138. The van der Waals surface area contributed by atoms with Gasteiger partial charge in [0.05, 0.1) is 32.1 Å². The maximum Gasteiger partial charge on any atom is 0.429 e. The Morgan fingerprint density at radius 3 is 1.90 bits per heavy atom. The smallest absolute Gasteiger partial charge is 0.429 e.